The lowest BCUT2D eigenvalue weighted by Crippen LogP contribution is -2.50. The van der Waals surface area contributed by atoms with Gasteiger partial charge in [-0.3, -0.25) is 0 Å². The van der Waals surface area contributed by atoms with Crippen molar-refractivity contribution in [2.45, 2.75) is 0 Å². The van der Waals surface area contributed by atoms with Crippen molar-refractivity contribution in [2.24, 2.45) is 0 Å². The zero-order chi connectivity index (χ0) is 38.6. The Morgan fingerprint density at radius 2 is 0.696 bits per heavy atom. The lowest BCUT2D eigenvalue weighted by molar-refractivity contribution is 1.66. The van der Waals surface area contributed by atoms with Gasteiger partial charge in [-0.05, 0) is 110 Å². The molecule has 10 aromatic carbocycles. The molecule has 0 saturated carbocycles. The Morgan fingerprint density at radius 1 is 0.250 bits per heavy atom. The van der Waals surface area contributed by atoms with Crippen LogP contribution < -0.4 is 43.7 Å². The van der Waals surface area contributed by atoms with Crippen LogP contribution in [0, 0.1) is 0 Å². The van der Waals surface area contributed by atoms with Crippen LogP contribution in [0.25, 0.3) is 98.0 Å². The monoisotopic (exact) mass is 686 g/mol. The van der Waals surface area contributed by atoms with Crippen LogP contribution in [0.4, 0.5) is 0 Å². The van der Waals surface area contributed by atoms with E-state index in [1.165, 1.54) is 16.2 Å². The summed E-state index contributed by atoms with van der Waals surface area (Å²) >= 11 is 0. The standard InChI is InChI=1S/C48H22B8/c49-41-37-35(26-13-7-12-25(21-26)33-22-27-20-19-24-10-2-4-15-29(24)34(27)32-17-6-5-16-30(32)33)38-40(44(52)48(56)46(54)42(38)50)36(39(37)43(51)47(55)45(41)53)31-18-8-11-23-9-1-3-14-28(23)31/h1-22H. The van der Waals surface area contributed by atoms with Crippen molar-refractivity contribution in [1.82, 2.24) is 0 Å². The minimum absolute atomic E-state index is 0.179. The predicted molar refractivity (Wildman–Crippen MR) is 251 cm³/mol. The SMILES string of the molecule is [B]c1c([B])c([B])c2c(-c3cccc4ccccc34)c3c([B])c([B])c([B])c([B])c3c(-c3cccc(-c4cc5ccc6ccccc6c5c5ccccc45)c3)c2c1[B]. The fourth-order valence-corrected chi connectivity index (χ4v) is 8.91. The first-order chi connectivity index (χ1) is 27.2. The van der Waals surface area contributed by atoms with E-state index in [9.17, 15) is 0 Å². The summed E-state index contributed by atoms with van der Waals surface area (Å²) in [5.41, 5.74) is 6.86. The van der Waals surface area contributed by atoms with Gasteiger partial charge in [-0.15, -0.1) is 21.9 Å². The van der Waals surface area contributed by atoms with E-state index in [1.807, 2.05) is 36.4 Å². The number of benzene rings is 10. The van der Waals surface area contributed by atoms with Gasteiger partial charge in [-0.2, -0.15) is 0 Å². The van der Waals surface area contributed by atoms with Crippen molar-refractivity contribution in [3.8, 4) is 33.4 Å². The van der Waals surface area contributed by atoms with E-state index in [0.717, 1.165) is 49.2 Å². The summed E-state index contributed by atoms with van der Waals surface area (Å²) in [4.78, 5) is 0. The largest absolute Gasteiger partial charge is 0.113 e. The summed E-state index contributed by atoms with van der Waals surface area (Å²) in [7, 11) is 55.0. The van der Waals surface area contributed by atoms with Crippen LogP contribution in [0.5, 0.6) is 0 Å². The lowest BCUT2D eigenvalue weighted by atomic mass is 9.59. The van der Waals surface area contributed by atoms with E-state index in [2.05, 4.69) is 97.1 Å². The Balaban J connectivity index is 1.38. The summed E-state index contributed by atoms with van der Waals surface area (Å²) in [5, 5.41) is 11.4. The van der Waals surface area contributed by atoms with E-state index in [0.29, 0.717) is 32.7 Å². The summed E-state index contributed by atoms with van der Waals surface area (Å²) in [6, 6.07) is 46.1. The molecule has 0 aromatic heterocycles. The number of rotatable bonds is 3. The van der Waals surface area contributed by atoms with Gasteiger partial charge < -0.3 is 0 Å². The second-order valence-electron chi connectivity index (χ2n) is 14.5. The lowest BCUT2D eigenvalue weighted by Gasteiger charge is -2.29. The van der Waals surface area contributed by atoms with Gasteiger partial charge in [-0.1, -0.05) is 143 Å². The minimum atomic E-state index is 0.179. The predicted octanol–water partition coefficient (Wildman–Crippen LogP) is 3.96. The van der Waals surface area contributed by atoms with E-state index in [-0.39, 0.29) is 43.7 Å². The molecule has 0 bridgehead atoms. The summed E-state index contributed by atoms with van der Waals surface area (Å²) in [5.74, 6) is 0. The molecule has 0 aliphatic rings. The van der Waals surface area contributed by atoms with E-state index < -0.39 is 0 Å². The average molecular weight is 685 g/mol. The Morgan fingerprint density at radius 3 is 1.32 bits per heavy atom. The molecule has 0 unspecified atom stereocenters. The maximum absolute atomic E-state index is 7.08. The molecular formula is C48H22B8. The number of fused-ring (bicyclic) bond motifs is 8. The van der Waals surface area contributed by atoms with Crippen molar-refractivity contribution >= 4 is 171 Å². The Hall–Kier alpha value is -5.72. The molecule has 10 aromatic rings. The molecule has 10 rings (SSSR count). The second kappa shape index (κ2) is 12.9. The highest BCUT2D eigenvalue weighted by Gasteiger charge is 2.25. The molecule has 0 fully saturated rings. The van der Waals surface area contributed by atoms with Gasteiger partial charge in [0.05, 0.1) is 0 Å². The van der Waals surface area contributed by atoms with Gasteiger partial charge in [0.2, 0.25) is 0 Å². The molecule has 0 heterocycles. The first kappa shape index (κ1) is 34.7. The van der Waals surface area contributed by atoms with Crippen LogP contribution >= 0.6 is 0 Å². The van der Waals surface area contributed by atoms with Gasteiger partial charge in [0, 0.05) is 0 Å². The van der Waals surface area contributed by atoms with Crippen molar-refractivity contribution < 1.29 is 0 Å². The highest BCUT2D eigenvalue weighted by molar-refractivity contribution is 6.71. The minimum Gasteiger partial charge on any atom is -0.110 e. The molecule has 56 heavy (non-hydrogen) atoms. The zero-order valence-electron chi connectivity index (χ0n) is 30.3. The Bertz CT molecular complexity index is 3260. The van der Waals surface area contributed by atoms with Gasteiger partial charge in [0.15, 0.2) is 0 Å². The molecule has 0 saturated heterocycles. The molecular weight excluding hydrogens is 663 g/mol. The van der Waals surface area contributed by atoms with Crippen LogP contribution in [0.1, 0.15) is 0 Å². The fraction of sp³-hybridized carbons (Fsp3) is 0. The molecule has 16 radical (unpaired) electrons. The summed E-state index contributed by atoms with van der Waals surface area (Å²) in [6.07, 6.45) is 0. The van der Waals surface area contributed by atoms with Gasteiger partial charge in [0.1, 0.15) is 62.8 Å². The molecule has 0 amide bonds. The van der Waals surface area contributed by atoms with Gasteiger partial charge in [0.25, 0.3) is 0 Å². The van der Waals surface area contributed by atoms with Crippen LogP contribution in [0.2, 0.25) is 0 Å². The van der Waals surface area contributed by atoms with Crippen molar-refractivity contribution in [3.63, 3.8) is 0 Å². The Labute approximate surface area is 336 Å². The first-order valence-corrected chi connectivity index (χ1v) is 18.3. The van der Waals surface area contributed by atoms with Crippen LogP contribution in [0.3, 0.4) is 0 Å². The molecule has 0 spiro atoms. The van der Waals surface area contributed by atoms with Crippen molar-refractivity contribution in [2.75, 3.05) is 0 Å². The fourth-order valence-electron chi connectivity index (χ4n) is 8.91. The quantitative estimate of drug-likeness (QED) is 0.150. The van der Waals surface area contributed by atoms with Crippen LogP contribution in [-0.4, -0.2) is 62.8 Å². The molecule has 0 aliphatic heterocycles. The number of hydrogen-bond acceptors (Lipinski definition) is 0. The highest BCUT2D eigenvalue weighted by atomic mass is 14.3. The Kier molecular flexibility index (Phi) is 8.02. The molecule has 0 nitrogen and oxygen atoms in total. The van der Waals surface area contributed by atoms with Crippen LogP contribution in [-0.2, 0) is 0 Å². The molecule has 238 valence electrons. The van der Waals surface area contributed by atoms with Gasteiger partial charge >= 0.3 is 0 Å². The third kappa shape index (κ3) is 4.91. The van der Waals surface area contributed by atoms with Crippen molar-refractivity contribution in [1.29, 1.82) is 0 Å². The first-order valence-electron chi connectivity index (χ1n) is 18.3. The zero-order valence-corrected chi connectivity index (χ0v) is 30.3. The summed E-state index contributed by atoms with van der Waals surface area (Å²) < 4.78 is 0. The normalized spacial score (nSPS) is 11.8. The average Bonchev–Trinajstić information content (AvgIpc) is 3.24. The van der Waals surface area contributed by atoms with Crippen LogP contribution in [0.15, 0.2) is 133 Å². The van der Waals surface area contributed by atoms with E-state index in [4.69, 9.17) is 62.8 Å². The summed E-state index contributed by atoms with van der Waals surface area (Å²) in [6.45, 7) is 0. The van der Waals surface area contributed by atoms with E-state index in [1.54, 1.807) is 0 Å². The molecule has 0 atom stereocenters. The maximum atomic E-state index is 7.08. The third-order valence-corrected chi connectivity index (χ3v) is 11.6. The third-order valence-electron chi connectivity index (χ3n) is 11.6. The highest BCUT2D eigenvalue weighted by Crippen LogP contribution is 2.44. The van der Waals surface area contributed by atoms with Crippen molar-refractivity contribution in [3.05, 3.63) is 133 Å². The topological polar surface area (TPSA) is 0 Å². The maximum Gasteiger partial charge on any atom is 0.113 e. The smallest absolute Gasteiger partial charge is 0.110 e. The van der Waals surface area contributed by atoms with Gasteiger partial charge in [-0.25, -0.2) is 0 Å². The molecule has 0 N–H and O–H groups in total. The van der Waals surface area contributed by atoms with E-state index >= 15 is 0 Å². The molecule has 8 heteroatoms. The number of hydrogen-bond donors (Lipinski definition) is 0. The molecule has 0 aliphatic carbocycles. The second-order valence-corrected chi connectivity index (χ2v) is 14.5.